The SMILES string of the molecule is COc1ccc(C(=O)NC(=S)Nc2ccc(-c3nc4ccccc4o3)cc2)cc1. The van der Waals surface area contributed by atoms with Crippen LogP contribution in [0.25, 0.3) is 22.6 Å². The van der Waals surface area contributed by atoms with Crippen LogP contribution in [0.2, 0.25) is 0 Å². The van der Waals surface area contributed by atoms with Gasteiger partial charge in [0.2, 0.25) is 5.89 Å². The fourth-order valence-electron chi connectivity index (χ4n) is 2.77. The number of aromatic nitrogens is 1. The first kappa shape index (κ1) is 18.6. The number of ether oxygens (including phenoxy) is 1. The first-order valence-corrected chi connectivity index (χ1v) is 9.25. The van der Waals surface area contributed by atoms with Gasteiger partial charge in [-0.1, -0.05) is 12.1 Å². The van der Waals surface area contributed by atoms with E-state index in [9.17, 15) is 4.79 Å². The Balaban J connectivity index is 1.40. The van der Waals surface area contributed by atoms with E-state index in [1.807, 2.05) is 48.5 Å². The molecule has 7 heteroatoms. The summed E-state index contributed by atoms with van der Waals surface area (Å²) in [5.41, 5.74) is 3.63. The van der Waals surface area contributed by atoms with Gasteiger partial charge in [-0.15, -0.1) is 0 Å². The average molecular weight is 403 g/mol. The number of carbonyl (C=O) groups is 1. The molecule has 6 nitrogen and oxygen atoms in total. The lowest BCUT2D eigenvalue weighted by molar-refractivity contribution is 0.0977. The molecule has 0 aliphatic heterocycles. The van der Waals surface area contributed by atoms with E-state index in [2.05, 4.69) is 15.6 Å². The third-order valence-electron chi connectivity index (χ3n) is 4.26. The minimum Gasteiger partial charge on any atom is -0.497 e. The lowest BCUT2D eigenvalue weighted by Crippen LogP contribution is -2.34. The lowest BCUT2D eigenvalue weighted by atomic mass is 10.2. The van der Waals surface area contributed by atoms with E-state index < -0.39 is 0 Å². The molecule has 0 radical (unpaired) electrons. The van der Waals surface area contributed by atoms with Gasteiger partial charge in [-0.25, -0.2) is 4.98 Å². The van der Waals surface area contributed by atoms with E-state index in [0.29, 0.717) is 17.2 Å². The van der Waals surface area contributed by atoms with Crippen molar-refractivity contribution in [3.8, 4) is 17.2 Å². The van der Waals surface area contributed by atoms with E-state index in [0.717, 1.165) is 22.4 Å². The Kier molecular flexibility index (Phi) is 5.22. The van der Waals surface area contributed by atoms with Gasteiger partial charge in [0.1, 0.15) is 11.3 Å². The molecule has 0 unspecified atom stereocenters. The number of hydrogen-bond donors (Lipinski definition) is 2. The third-order valence-corrected chi connectivity index (χ3v) is 4.47. The van der Waals surface area contributed by atoms with E-state index in [-0.39, 0.29) is 11.0 Å². The zero-order valence-electron chi connectivity index (χ0n) is 15.5. The van der Waals surface area contributed by atoms with E-state index in [1.165, 1.54) is 0 Å². The number of hydrogen-bond acceptors (Lipinski definition) is 5. The number of nitrogens with one attached hydrogen (secondary N) is 2. The van der Waals surface area contributed by atoms with Gasteiger partial charge in [0.05, 0.1) is 7.11 Å². The molecule has 1 aromatic heterocycles. The Hall–Kier alpha value is -3.71. The van der Waals surface area contributed by atoms with Gasteiger partial charge in [-0.05, 0) is 72.9 Å². The topological polar surface area (TPSA) is 76.4 Å². The molecule has 0 aliphatic rings. The van der Waals surface area contributed by atoms with Crippen LogP contribution in [-0.2, 0) is 0 Å². The molecule has 0 atom stereocenters. The molecule has 29 heavy (non-hydrogen) atoms. The molecule has 3 aromatic carbocycles. The average Bonchev–Trinajstić information content (AvgIpc) is 3.18. The highest BCUT2D eigenvalue weighted by atomic mass is 32.1. The van der Waals surface area contributed by atoms with Crippen LogP contribution in [0.4, 0.5) is 5.69 Å². The number of rotatable bonds is 4. The standard InChI is InChI=1S/C22H17N3O3S/c1-27-17-12-8-14(9-13-17)20(26)25-22(29)23-16-10-6-15(7-11-16)21-24-18-4-2-3-5-19(18)28-21/h2-13H,1H3,(H2,23,25,26,29). The van der Waals surface area contributed by atoms with Crippen LogP contribution in [0.5, 0.6) is 5.75 Å². The third kappa shape index (κ3) is 4.25. The van der Waals surface area contributed by atoms with E-state index in [1.54, 1.807) is 31.4 Å². The normalized spacial score (nSPS) is 10.5. The predicted molar refractivity (Wildman–Crippen MR) is 116 cm³/mol. The summed E-state index contributed by atoms with van der Waals surface area (Å²) in [5, 5.41) is 5.86. The van der Waals surface area contributed by atoms with Crippen LogP contribution in [0.1, 0.15) is 10.4 Å². The van der Waals surface area contributed by atoms with Crippen molar-refractivity contribution in [1.29, 1.82) is 0 Å². The molecule has 1 heterocycles. The fourth-order valence-corrected chi connectivity index (χ4v) is 2.98. The molecular weight excluding hydrogens is 386 g/mol. The number of oxazole rings is 1. The van der Waals surface area contributed by atoms with Crippen LogP contribution < -0.4 is 15.4 Å². The monoisotopic (exact) mass is 403 g/mol. The van der Waals surface area contributed by atoms with Gasteiger partial charge >= 0.3 is 0 Å². The summed E-state index contributed by atoms with van der Waals surface area (Å²) >= 11 is 5.23. The molecule has 0 fully saturated rings. The summed E-state index contributed by atoms with van der Waals surface area (Å²) in [5.74, 6) is 0.933. The molecule has 0 saturated heterocycles. The van der Waals surface area contributed by atoms with Crippen molar-refractivity contribution in [2.24, 2.45) is 0 Å². The first-order valence-electron chi connectivity index (χ1n) is 8.85. The number of methoxy groups -OCH3 is 1. The van der Waals surface area contributed by atoms with Crippen LogP contribution in [0.3, 0.4) is 0 Å². The van der Waals surface area contributed by atoms with Gasteiger partial charge in [-0.2, -0.15) is 0 Å². The maximum Gasteiger partial charge on any atom is 0.257 e. The highest BCUT2D eigenvalue weighted by molar-refractivity contribution is 7.80. The van der Waals surface area contributed by atoms with Crippen molar-refractivity contribution in [2.45, 2.75) is 0 Å². The smallest absolute Gasteiger partial charge is 0.257 e. The number of nitrogens with zero attached hydrogens (tertiary/aromatic N) is 1. The van der Waals surface area contributed by atoms with Gasteiger partial charge in [0.15, 0.2) is 10.7 Å². The lowest BCUT2D eigenvalue weighted by Gasteiger charge is -2.10. The minimum atomic E-state index is -0.298. The van der Waals surface area contributed by atoms with Gasteiger partial charge in [0.25, 0.3) is 5.91 Å². The maximum absolute atomic E-state index is 12.3. The minimum absolute atomic E-state index is 0.209. The highest BCUT2D eigenvalue weighted by Crippen LogP contribution is 2.25. The van der Waals surface area contributed by atoms with Crippen molar-refractivity contribution in [1.82, 2.24) is 10.3 Å². The van der Waals surface area contributed by atoms with Crippen LogP contribution in [0, 0.1) is 0 Å². The maximum atomic E-state index is 12.3. The van der Waals surface area contributed by atoms with Gasteiger partial charge < -0.3 is 14.5 Å². The second-order valence-corrected chi connectivity index (χ2v) is 6.61. The first-order chi connectivity index (χ1) is 14.1. The second-order valence-electron chi connectivity index (χ2n) is 6.20. The molecular formula is C22H17N3O3S. The summed E-state index contributed by atoms with van der Waals surface area (Å²) in [6, 6.07) is 21.8. The van der Waals surface area contributed by atoms with Crippen LogP contribution in [0.15, 0.2) is 77.2 Å². The zero-order valence-corrected chi connectivity index (χ0v) is 16.3. The van der Waals surface area contributed by atoms with Crippen LogP contribution in [-0.4, -0.2) is 23.1 Å². The van der Waals surface area contributed by atoms with Crippen molar-refractivity contribution < 1.29 is 13.9 Å². The Morgan fingerprint density at radius 2 is 1.72 bits per heavy atom. The van der Waals surface area contributed by atoms with Crippen molar-refractivity contribution >= 4 is 40.0 Å². The molecule has 4 aromatic rings. The largest absolute Gasteiger partial charge is 0.497 e. The Labute approximate surface area is 172 Å². The Bertz CT molecular complexity index is 1140. The number of benzene rings is 3. The summed E-state index contributed by atoms with van der Waals surface area (Å²) in [6.07, 6.45) is 0. The summed E-state index contributed by atoms with van der Waals surface area (Å²) in [4.78, 5) is 16.7. The summed E-state index contributed by atoms with van der Waals surface area (Å²) in [7, 11) is 1.57. The van der Waals surface area contributed by atoms with Gasteiger partial charge in [-0.3, -0.25) is 10.1 Å². The number of amides is 1. The number of carbonyl (C=O) groups excluding carboxylic acids is 1. The molecule has 144 valence electrons. The molecule has 0 spiro atoms. The molecule has 4 rings (SSSR count). The summed E-state index contributed by atoms with van der Waals surface area (Å²) < 4.78 is 10.9. The molecule has 0 aliphatic carbocycles. The molecule has 0 bridgehead atoms. The van der Waals surface area contributed by atoms with Crippen molar-refractivity contribution in [2.75, 3.05) is 12.4 Å². The summed E-state index contributed by atoms with van der Waals surface area (Å²) in [6.45, 7) is 0. The zero-order chi connectivity index (χ0) is 20.2. The number of thiocarbonyl (C=S) groups is 1. The second kappa shape index (κ2) is 8.12. The number of anilines is 1. The van der Waals surface area contributed by atoms with Crippen molar-refractivity contribution in [3.63, 3.8) is 0 Å². The van der Waals surface area contributed by atoms with Crippen LogP contribution >= 0.6 is 12.2 Å². The van der Waals surface area contributed by atoms with E-state index >= 15 is 0 Å². The van der Waals surface area contributed by atoms with Crippen molar-refractivity contribution in [3.05, 3.63) is 78.4 Å². The van der Waals surface area contributed by atoms with E-state index in [4.69, 9.17) is 21.4 Å². The predicted octanol–water partition coefficient (Wildman–Crippen LogP) is 4.63. The molecule has 1 amide bonds. The molecule has 2 N–H and O–H groups in total. The number of fused-ring (bicyclic) bond motifs is 1. The Morgan fingerprint density at radius 1 is 1.00 bits per heavy atom. The highest BCUT2D eigenvalue weighted by Gasteiger charge is 2.10. The number of para-hydroxylation sites is 2. The molecule has 0 saturated carbocycles. The quantitative estimate of drug-likeness (QED) is 0.484. The fraction of sp³-hybridized carbons (Fsp3) is 0.0455. The van der Waals surface area contributed by atoms with Gasteiger partial charge in [0, 0.05) is 16.8 Å². The Morgan fingerprint density at radius 3 is 2.41 bits per heavy atom.